The number of nitrogens with one attached hydrogen (secondary N) is 1. The lowest BCUT2D eigenvalue weighted by molar-refractivity contribution is -0.384. The van der Waals surface area contributed by atoms with Crippen molar-refractivity contribution in [3.63, 3.8) is 0 Å². The number of carbonyl (C=O) groups excluding carboxylic acids is 2. The number of hydrogen-bond acceptors (Lipinski definition) is 4. The largest absolute Gasteiger partial charge is 0.296 e. The van der Waals surface area contributed by atoms with E-state index >= 15 is 0 Å². The Labute approximate surface area is 103 Å². The molecule has 1 fully saturated rings. The van der Waals surface area contributed by atoms with Crippen molar-refractivity contribution < 1.29 is 14.5 Å². The summed E-state index contributed by atoms with van der Waals surface area (Å²) < 4.78 is 0. The van der Waals surface area contributed by atoms with Gasteiger partial charge in [-0.25, -0.2) is 0 Å². The molecule has 94 valence electrons. The van der Waals surface area contributed by atoms with Gasteiger partial charge in [0.05, 0.1) is 10.8 Å². The maximum Gasteiger partial charge on any atom is 0.269 e. The number of benzene rings is 1. The van der Waals surface area contributed by atoms with Gasteiger partial charge >= 0.3 is 0 Å². The number of amides is 2. The molecule has 6 heteroatoms. The van der Waals surface area contributed by atoms with Crippen LogP contribution in [0.2, 0.25) is 0 Å². The molecule has 1 unspecified atom stereocenters. The molecule has 0 radical (unpaired) electrons. The predicted octanol–water partition coefficient (Wildman–Crippen LogP) is 1.51. The second-order valence-electron chi connectivity index (χ2n) is 4.21. The highest BCUT2D eigenvalue weighted by atomic mass is 16.6. The fraction of sp³-hybridized carbons (Fsp3) is 0.333. The Morgan fingerprint density at radius 3 is 2.50 bits per heavy atom. The van der Waals surface area contributed by atoms with E-state index in [2.05, 4.69) is 5.32 Å². The number of nitro benzene ring substituents is 1. The van der Waals surface area contributed by atoms with Crippen LogP contribution < -0.4 is 5.32 Å². The lowest BCUT2D eigenvalue weighted by Crippen LogP contribution is -2.31. The van der Waals surface area contributed by atoms with Crippen molar-refractivity contribution in [3.05, 3.63) is 39.9 Å². The molecule has 1 aliphatic heterocycles. The summed E-state index contributed by atoms with van der Waals surface area (Å²) in [5, 5.41) is 12.8. The third kappa shape index (κ3) is 2.53. The van der Waals surface area contributed by atoms with Gasteiger partial charge in [-0.1, -0.05) is 12.1 Å². The van der Waals surface area contributed by atoms with E-state index in [1.165, 1.54) is 12.1 Å². The van der Waals surface area contributed by atoms with Gasteiger partial charge in [0.1, 0.15) is 0 Å². The van der Waals surface area contributed by atoms with Crippen LogP contribution in [0.4, 0.5) is 5.69 Å². The van der Waals surface area contributed by atoms with Crippen LogP contribution in [0.5, 0.6) is 0 Å². The van der Waals surface area contributed by atoms with E-state index < -0.39 is 10.8 Å². The van der Waals surface area contributed by atoms with Gasteiger partial charge in [0.25, 0.3) is 5.69 Å². The summed E-state index contributed by atoms with van der Waals surface area (Å²) >= 11 is 0. The summed E-state index contributed by atoms with van der Waals surface area (Å²) in [7, 11) is 0. The molecule has 0 spiro atoms. The Morgan fingerprint density at radius 1 is 1.22 bits per heavy atom. The highest BCUT2D eigenvalue weighted by Gasteiger charge is 2.25. The summed E-state index contributed by atoms with van der Waals surface area (Å²) in [5.74, 6) is -0.993. The van der Waals surface area contributed by atoms with Gasteiger partial charge in [0.15, 0.2) is 0 Å². The van der Waals surface area contributed by atoms with Gasteiger partial charge < -0.3 is 0 Å². The molecule has 1 saturated heterocycles. The number of rotatable bonds is 2. The van der Waals surface area contributed by atoms with Gasteiger partial charge in [-0.3, -0.25) is 25.0 Å². The average Bonchev–Trinajstić information content (AvgIpc) is 2.50. The number of nitrogens with zero attached hydrogens (tertiary/aromatic N) is 1. The van der Waals surface area contributed by atoms with Gasteiger partial charge in [-0.05, 0) is 18.4 Å². The van der Waals surface area contributed by atoms with Gasteiger partial charge in [0, 0.05) is 18.6 Å². The van der Waals surface area contributed by atoms with Gasteiger partial charge in [-0.2, -0.15) is 0 Å². The van der Waals surface area contributed by atoms with E-state index in [9.17, 15) is 19.7 Å². The molecule has 0 saturated carbocycles. The average molecular weight is 248 g/mol. The zero-order chi connectivity index (χ0) is 13.1. The van der Waals surface area contributed by atoms with Crippen molar-refractivity contribution in [2.45, 2.75) is 25.2 Å². The summed E-state index contributed by atoms with van der Waals surface area (Å²) in [4.78, 5) is 33.0. The molecule has 1 heterocycles. The van der Waals surface area contributed by atoms with E-state index in [-0.39, 0.29) is 17.5 Å². The zero-order valence-electron chi connectivity index (χ0n) is 9.59. The minimum absolute atomic E-state index is 0.0103. The zero-order valence-corrected chi connectivity index (χ0v) is 9.59. The number of carbonyl (C=O) groups is 2. The van der Waals surface area contributed by atoms with Crippen molar-refractivity contribution in [2.24, 2.45) is 0 Å². The quantitative estimate of drug-likeness (QED) is 0.488. The molecule has 2 rings (SSSR count). The second kappa shape index (κ2) is 4.95. The minimum atomic E-state index is -0.486. The summed E-state index contributed by atoms with van der Waals surface area (Å²) in [6, 6.07) is 5.88. The topological polar surface area (TPSA) is 89.3 Å². The molecule has 1 aromatic rings. The van der Waals surface area contributed by atoms with Crippen LogP contribution in [-0.4, -0.2) is 16.7 Å². The number of imide groups is 1. The summed E-state index contributed by atoms with van der Waals surface area (Å²) in [5.41, 5.74) is 0.691. The van der Waals surface area contributed by atoms with Crippen molar-refractivity contribution in [1.29, 1.82) is 0 Å². The van der Waals surface area contributed by atoms with Crippen molar-refractivity contribution in [2.75, 3.05) is 0 Å². The van der Waals surface area contributed by atoms with E-state index in [1.807, 2.05) is 0 Å². The molecule has 1 N–H and O–H groups in total. The molecule has 6 nitrogen and oxygen atoms in total. The first-order valence-electron chi connectivity index (χ1n) is 5.66. The van der Waals surface area contributed by atoms with E-state index in [0.29, 0.717) is 24.8 Å². The normalized spacial score (nSPS) is 20.1. The van der Waals surface area contributed by atoms with Gasteiger partial charge in [-0.15, -0.1) is 0 Å². The minimum Gasteiger partial charge on any atom is -0.296 e. The molecule has 18 heavy (non-hydrogen) atoms. The Kier molecular flexibility index (Phi) is 3.36. The standard InChI is InChI=1S/C12H12N2O4/c15-11-3-1-2-10(12(16)13-11)8-4-6-9(7-5-8)14(17)18/h4-7,10H,1-3H2,(H,13,15,16). The number of nitro groups is 1. The number of hydrogen-bond donors (Lipinski definition) is 1. The van der Waals surface area contributed by atoms with E-state index in [4.69, 9.17) is 0 Å². The number of non-ortho nitro benzene ring substituents is 1. The lowest BCUT2D eigenvalue weighted by Gasteiger charge is -2.12. The third-order valence-electron chi connectivity index (χ3n) is 2.98. The van der Waals surface area contributed by atoms with E-state index in [1.54, 1.807) is 12.1 Å². The smallest absolute Gasteiger partial charge is 0.269 e. The van der Waals surface area contributed by atoms with Gasteiger partial charge in [0.2, 0.25) is 11.8 Å². The van der Waals surface area contributed by atoms with Crippen LogP contribution in [0, 0.1) is 10.1 Å². The molecule has 1 aliphatic rings. The second-order valence-corrected chi connectivity index (χ2v) is 4.21. The molecule has 0 bridgehead atoms. The first kappa shape index (κ1) is 12.2. The fourth-order valence-corrected chi connectivity index (χ4v) is 2.03. The van der Waals surface area contributed by atoms with Crippen LogP contribution in [0.3, 0.4) is 0 Å². The molecular formula is C12H12N2O4. The molecule has 1 atom stereocenters. The molecular weight excluding hydrogens is 236 g/mol. The maximum atomic E-state index is 11.8. The maximum absolute atomic E-state index is 11.8. The fourth-order valence-electron chi connectivity index (χ4n) is 2.03. The molecule has 0 aromatic heterocycles. The van der Waals surface area contributed by atoms with Crippen molar-refractivity contribution in [3.8, 4) is 0 Å². The molecule has 2 amide bonds. The van der Waals surface area contributed by atoms with Crippen LogP contribution in [0.1, 0.15) is 30.7 Å². The monoisotopic (exact) mass is 248 g/mol. The predicted molar refractivity (Wildman–Crippen MR) is 62.8 cm³/mol. The first-order chi connectivity index (χ1) is 8.58. The lowest BCUT2D eigenvalue weighted by atomic mass is 9.94. The van der Waals surface area contributed by atoms with Crippen LogP contribution in [0.25, 0.3) is 0 Å². The van der Waals surface area contributed by atoms with Crippen LogP contribution in [0.15, 0.2) is 24.3 Å². The van der Waals surface area contributed by atoms with Crippen molar-refractivity contribution in [1.82, 2.24) is 5.32 Å². The Morgan fingerprint density at radius 2 is 1.89 bits per heavy atom. The molecule has 0 aliphatic carbocycles. The van der Waals surface area contributed by atoms with Crippen LogP contribution in [-0.2, 0) is 9.59 Å². The summed E-state index contributed by atoms with van der Waals surface area (Å²) in [6.07, 6.45) is 1.56. The SMILES string of the molecule is O=C1CCCC(c2ccc([N+](=O)[O-])cc2)C(=O)N1. The summed E-state index contributed by atoms with van der Waals surface area (Å²) in [6.45, 7) is 0. The van der Waals surface area contributed by atoms with Crippen LogP contribution >= 0.6 is 0 Å². The highest BCUT2D eigenvalue weighted by molar-refractivity contribution is 5.99. The van der Waals surface area contributed by atoms with Crippen molar-refractivity contribution >= 4 is 17.5 Å². The Bertz CT molecular complexity index is 495. The molecule has 1 aromatic carbocycles. The highest BCUT2D eigenvalue weighted by Crippen LogP contribution is 2.26. The first-order valence-corrected chi connectivity index (χ1v) is 5.66. The Balaban J connectivity index is 2.22. The van der Waals surface area contributed by atoms with E-state index in [0.717, 1.165) is 0 Å². The third-order valence-corrected chi connectivity index (χ3v) is 2.98. The Hall–Kier alpha value is -2.24.